The van der Waals surface area contributed by atoms with Crippen molar-refractivity contribution in [1.29, 1.82) is 0 Å². The summed E-state index contributed by atoms with van der Waals surface area (Å²) in [4.78, 5) is 2.25. The van der Waals surface area contributed by atoms with Crippen LogP contribution in [-0.4, -0.2) is 29.4 Å². The van der Waals surface area contributed by atoms with Gasteiger partial charge >= 0.3 is 0 Å². The molecule has 0 unspecified atom stereocenters. The van der Waals surface area contributed by atoms with Crippen molar-refractivity contribution in [3.63, 3.8) is 0 Å². The van der Waals surface area contributed by atoms with Gasteiger partial charge in [0.2, 0.25) is 6.79 Å². The van der Waals surface area contributed by atoms with Gasteiger partial charge in [0.1, 0.15) is 0 Å². The number of aliphatic hydroxyl groups is 1. The maximum atomic E-state index is 9.94. The second-order valence-corrected chi connectivity index (χ2v) is 7.27. The third kappa shape index (κ3) is 4.53. The first-order chi connectivity index (χ1) is 13.7. The highest BCUT2D eigenvalue weighted by Crippen LogP contribution is 2.33. The SMILES string of the molecule is C[C@@H](O)CN(Cc1ccc(-c2ccccc2)cc1)Cc1ccc2c(c1)OCO2. The maximum Gasteiger partial charge on any atom is 0.231 e. The van der Waals surface area contributed by atoms with Crippen molar-refractivity contribution in [2.45, 2.75) is 26.1 Å². The molecule has 144 valence electrons. The zero-order chi connectivity index (χ0) is 19.3. The molecule has 4 rings (SSSR count). The molecule has 1 aliphatic heterocycles. The topological polar surface area (TPSA) is 41.9 Å². The van der Waals surface area contributed by atoms with Crippen LogP contribution in [0.5, 0.6) is 11.5 Å². The summed E-state index contributed by atoms with van der Waals surface area (Å²) >= 11 is 0. The lowest BCUT2D eigenvalue weighted by Crippen LogP contribution is -2.30. The van der Waals surface area contributed by atoms with Crippen LogP contribution in [0.15, 0.2) is 72.8 Å². The fourth-order valence-electron chi connectivity index (χ4n) is 3.55. The normalized spacial score (nSPS) is 13.7. The maximum absolute atomic E-state index is 9.94. The first kappa shape index (κ1) is 18.5. The molecular weight excluding hydrogens is 350 g/mol. The molecule has 28 heavy (non-hydrogen) atoms. The number of nitrogens with zero attached hydrogens (tertiary/aromatic N) is 1. The molecule has 3 aromatic carbocycles. The van der Waals surface area contributed by atoms with Gasteiger partial charge in [0, 0.05) is 19.6 Å². The minimum atomic E-state index is -0.391. The molecule has 1 atom stereocenters. The summed E-state index contributed by atoms with van der Waals surface area (Å²) in [6, 6.07) is 25.1. The highest BCUT2D eigenvalue weighted by atomic mass is 16.7. The summed E-state index contributed by atoms with van der Waals surface area (Å²) < 4.78 is 10.9. The fraction of sp³-hybridized carbons (Fsp3) is 0.250. The molecule has 4 heteroatoms. The largest absolute Gasteiger partial charge is 0.454 e. The summed E-state index contributed by atoms with van der Waals surface area (Å²) in [6.07, 6.45) is -0.391. The van der Waals surface area contributed by atoms with E-state index in [1.807, 2.05) is 25.1 Å². The molecule has 0 spiro atoms. The summed E-state index contributed by atoms with van der Waals surface area (Å²) in [5.74, 6) is 1.59. The van der Waals surface area contributed by atoms with Crippen molar-refractivity contribution in [1.82, 2.24) is 4.90 Å². The highest BCUT2D eigenvalue weighted by Gasteiger charge is 2.16. The van der Waals surface area contributed by atoms with Crippen LogP contribution in [0.4, 0.5) is 0 Å². The second-order valence-electron chi connectivity index (χ2n) is 7.27. The van der Waals surface area contributed by atoms with E-state index in [0.29, 0.717) is 6.54 Å². The van der Waals surface area contributed by atoms with Gasteiger partial charge in [0.25, 0.3) is 0 Å². The van der Waals surface area contributed by atoms with Crippen LogP contribution >= 0.6 is 0 Å². The van der Waals surface area contributed by atoms with Crippen molar-refractivity contribution in [3.05, 3.63) is 83.9 Å². The summed E-state index contributed by atoms with van der Waals surface area (Å²) in [5.41, 5.74) is 4.80. The van der Waals surface area contributed by atoms with E-state index in [-0.39, 0.29) is 6.79 Å². The lowest BCUT2D eigenvalue weighted by Gasteiger charge is -2.24. The number of rotatable bonds is 7. The van der Waals surface area contributed by atoms with E-state index in [0.717, 1.165) is 30.2 Å². The van der Waals surface area contributed by atoms with Gasteiger partial charge in [-0.15, -0.1) is 0 Å². The van der Waals surface area contributed by atoms with Crippen LogP contribution in [-0.2, 0) is 13.1 Å². The van der Waals surface area contributed by atoms with E-state index in [4.69, 9.17) is 9.47 Å². The van der Waals surface area contributed by atoms with Gasteiger partial charge in [-0.2, -0.15) is 0 Å². The number of hydrogen-bond donors (Lipinski definition) is 1. The van der Waals surface area contributed by atoms with Crippen LogP contribution in [0.3, 0.4) is 0 Å². The predicted molar refractivity (Wildman–Crippen MR) is 110 cm³/mol. The summed E-state index contributed by atoms with van der Waals surface area (Å²) in [6.45, 7) is 4.22. The lowest BCUT2D eigenvalue weighted by molar-refractivity contribution is 0.118. The number of benzene rings is 3. The Bertz CT molecular complexity index is 907. The Morgan fingerprint density at radius 3 is 2.21 bits per heavy atom. The second kappa shape index (κ2) is 8.46. The first-order valence-corrected chi connectivity index (χ1v) is 9.61. The molecule has 4 nitrogen and oxygen atoms in total. The minimum absolute atomic E-state index is 0.282. The molecule has 0 fully saturated rings. The molecule has 0 saturated carbocycles. The molecule has 0 bridgehead atoms. The Kier molecular flexibility index (Phi) is 5.60. The fourth-order valence-corrected chi connectivity index (χ4v) is 3.55. The average molecular weight is 375 g/mol. The van der Waals surface area contributed by atoms with Crippen LogP contribution < -0.4 is 9.47 Å². The van der Waals surface area contributed by atoms with E-state index in [9.17, 15) is 5.11 Å². The minimum Gasteiger partial charge on any atom is -0.454 e. The monoisotopic (exact) mass is 375 g/mol. The van der Waals surface area contributed by atoms with Crippen molar-refractivity contribution >= 4 is 0 Å². The average Bonchev–Trinajstić information content (AvgIpc) is 3.16. The zero-order valence-electron chi connectivity index (χ0n) is 16.0. The van der Waals surface area contributed by atoms with E-state index in [1.54, 1.807) is 0 Å². The van der Waals surface area contributed by atoms with Crippen LogP contribution in [0, 0.1) is 0 Å². The zero-order valence-corrected chi connectivity index (χ0v) is 16.0. The molecule has 0 aliphatic carbocycles. The van der Waals surface area contributed by atoms with Gasteiger partial charge in [-0.1, -0.05) is 60.7 Å². The van der Waals surface area contributed by atoms with Crippen molar-refractivity contribution in [2.24, 2.45) is 0 Å². The Balaban J connectivity index is 1.47. The van der Waals surface area contributed by atoms with E-state index >= 15 is 0 Å². The van der Waals surface area contributed by atoms with Crippen molar-refractivity contribution < 1.29 is 14.6 Å². The number of hydrogen-bond acceptors (Lipinski definition) is 4. The standard InChI is InChI=1S/C24H25NO3/c1-18(26)14-25(16-20-9-12-23-24(13-20)28-17-27-23)15-19-7-10-22(11-8-19)21-5-3-2-4-6-21/h2-13,18,26H,14-17H2,1H3/t18-/m1/s1. The van der Waals surface area contributed by atoms with Gasteiger partial charge in [0.15, 0.2) is 11.5 Å². The lowest BCUT2D eigenvalue weighted by atomic mass is 10.0. The Morgan fingerprint density at radius 1 is 0.821 bits per heavy atom. The van der Waals surface area contributed by atoms with E-state index in [2.05, 4.69) is 59.5 Å². The summed E-state index contributed by atoms with van der Waals surface area (Å²) in [5, 5.41) is 9.94. The first-order valence-electron chi connectivity index (χ1n) is 9.61. The molecule has 1 N–H and O–H groups in total. The van der Waals surface area contributed by atoms with Crippen molar-refractivity contribution in [3.8, 4) is 22.6 Å². The predicted octanol–water partition coefficient (Wildman–Crippen LogP) is 4.47. The molecule has 0 aromatic heterocycles. The van der Waals surface area contributed by atoms with Gasteiger partial charge in [-0.3, -0.25) is 4.90 Å². The van der Waals surface area contributed by atoms with Gasteiger partial charge in [-0.05, 0) is 41.3 Å². The Labute approximate surface area is 166 Å². The molecule has 0 radical (unpaired) electrons. The smallest absolute Gasteiger partial charge is 0.231 e. The molecule has 0 saturated heterocycles. The summed E-state index contributed by atoms with van der Waals surface area (Å²) in [7, 11) is 0. The van der Waals surface area contributed by atoms with E-state index < -0.39 is 6.10 Å². The third-order valence-electron chi connectivity index (χ3n) is 4.83. The number of fused-ring (bicyclic) bond motifs is 1. The van der Waals surface area contributed by atoms with Gasteiger partial charge in [-0.25, -0.2) is 0 Å². The highest BCUT2D eigenvalue weighted by molar-refractivity contribution is 5.63. The molecule has 1 heterocycles. The molecular formula is C24H25NO3. The van der Waals surface area contributed by atoms with Crippen LogP contribution in [0.2, 0.25) is 0 Å². The number of ether oxygens (including phenoxy) is 2. The Hall–Kier alpha value is -2.82. The molecule has 0 amide bonds. The van der Waals surface area contributed by atoms with Gasteiger partial charge < -0.3 is 14.6 Å². The van der Waals surface area contributed by atoms with Crippen LogP contribution in [0.1, 0.15) is 18.1 Å². The van der Waals surface area contributed by atoms with E-state index in [1.165, 1.54) is 16.7 Å². The van der Waals surface area contributed by atoms with Crippen molar-refractivity contribution in [2.75, 3.05) is 13.3 Å². The molecule has 1 aliphatic rings. The quantitative estimate of drug-likeness (QED) is 0.662. The Morgan fingerprint density at radius 2 is 1.46 bits per heavy atom. The van der Waals surface area contributed by atoms with Gasteiger partial charge in [0.05, 0.1) is 6.10 Å². The molecule has 3 aromatic rings. The number of aliphatic hydroxyl groups excluding tert-OH is 1. The van der Waals surface area contributed by atoms with Crippen LogP contribution in [0.25, 0.3) is 11.1 Å². The third-order valence-corrected chi connectivity index (χ3v) is 4.83.